The molecule has 1 aromatic rings. The number of anilines is 2. The molecule has 0 aliphatic carbocycles. The molecule has 3 N–H and O–H groups in total. The smallest absolute Gasteiger partial charge is 0.243 e. The lowest BCUT2D eigenvalue weighted by Gasteiger charge is -2.12. The van der Waals surface area contributed by atoms with Gasteiger partial charge in [0.05, 0.1) is 6.54 Å². The Morgan fingerprint density at radius 3 is 1.91 bits per heavy atom. The van der Waals surface area contributed by atoms with Crippen LogP contribution in [0.4, 0.5) is 11.4 Å². The fraction of sp³-hybridized carbons (Fsp3) is 0.438. The Morgan fingerprint density at radius 1 is 0.955 bits per heavy atom. The van der Waals surface area contributed by atoms with Gasteiger partial charge in [0.15, 0.2) is 0 Å². The SMILES string of the molecule is CCC(CC)C(=O)NCC(=O)Nc1ccc(NC(C)=O)cc1. The van der Waals surface area contributed by atoms with Gasteiger partial charge in [-0.25, -0.2) is 0 Å². The topological polar surface area (TPSA) is 87.3 Å². The Hall–Kier alpha value is -2.37. The molecule has 0 saturated heterocycles. The molecule has 1 rings (SSSR count). The minimum Gasteiger partial charge on any atom is -0.347 e. The van der Waals surface area contributed by atoms with Crippen molar-refractivity contribution in [1.29, 1.82) is 0 Å². The maximum absolute atomic E-state index is 11.8. The van der Waals surface area contributed by atoms with E-state index in [4.69, 9.17) is 0 Å². The normalized spacial score (nSPS) is 10.2. The van der Waals surface area contributed by atoms with Gasteiger partial charge < -0.3 is 16.0 Å². The van der Waals surface area contributed by atoms with Crippen molar-refractivity contribution in [3.8, 4) is 0 Å². The number of amides is 3. The van der Waals surface area contributed by atoms with Crippen molar-refractivity contribution in [3.63, 3.8) is 0 Å². The second-order valence-electron chi connectivity index (χ2n) is 5.04. The number of benzene rings is 1. The van der Waals surface area contributed by atoms with Gasteiger partial charge in [0.1, 0.15) is 0 Å². The predicted octanol–water partition coefficient (Wildman–Crippen LogP) is 2.14. The number of hydrogen-bond acceptors (Lipinski definition) is 3. The molecular formula is C16H23N3O3. The van der Waals surface area contributed by atoms with E-state index in [1.54, 1.807) is 24.3 Å². The number of rotatable bonds is 7. The summed E-state index contributed by atoms with van der Waals surface area (Å²) in [5.74, 6) is -0.585. The van der Waals surface area contributed by atoms with Crippen LogP contribution in [0.25, 0.3) is 0 Å². The molecule has 22 heavy (non-hydrogen) atoms. The highest BCUT2D eigenvalue weighted by Gasteiger charge is 2.14. The van der Waals surface area contributed by atoms with Crippen LogP contribution in [0.15, 0.2) is 24.3 Å². The summed E-state index contributed by atoms with van der Waals surface area (Å²) in [6, 6.07) is 6.76. The van der Waals surface area contributed by atoms with Crippen LogP contribution in [0.1, 0.15) is 33.6 Å². The third-order valence-electron chi connectivity index (χ3n) is 3.27. The predicted molar refractivity (Wildman–Crippen MR) is 86.5 cm³/mol. The Kier molecular flexibility index (Phi) is 7.08. The maximum atomic E-state index is 11.8. The van der Waals surface area contributed by atoms with Crippen molar-refractivity contribution in [2.24, 2.45) is 5.92 Å². The highest BCUT2D eigenvalue weighted by atomic mass is 16.2. The van der Waals surface area contributed by atoms with E-state index in [-0.39, 0.29) is 30.2 Å². The van der Waals surface area contributed by atoms with Crippen molar-refractivity contribution >= 4 is 29.1 Å². The lowest BCUT2D eigenvalue weighted by atomic mass is 10.0. The average molecular weight is 305 g/mol. The van der Waals surface area contributed by atoms with Gasteiger partial charge in [-0.05, 0) is 37.1 Å². The largest absolute Gasteiger partial charge is 0.347 e. The molecule has 0 unspecified atom stereocenters. The Balaban J connectivity index is 2.45. The van der Waals surface area contributed by atoms with Crippen molar-refractivity contribution in [3.05, 3.63) is 24.3 Å². The Bertz CT molecular complexity index is 522. The molecule has 0 heterocycles. The first-order valence-electron chi connectivity index (χ1n) is 7.41. The summed E-state index contributed by atoms with van der Waals surface area (Å²) in [5.41, 5.74) is 1.27. The van der Waals surface area contributed by atoms with Gasteiger partial charge in [0, 0.05) is 24.2 Å². The van der Waals surface area contributed by atoms with E-state index in [2.05, 4.69) is 16.0 Å². The molecule has 0 aromatic heterocycles. The van der Waals surface area contributed by atoms with Crippen LogP contribution in [0.3, 0.4) is 0 Å². The van der Waals surface area contributed by atoms with E-state index in [9.17, 15) is 14.4 Å². The summed E-state index contributed by atoms with van der Waals surface area (Å²) in [6.45, 7) is 5.27. The van der Waals surface area contributed by atoms with Crippen LogP contribution < -0.4 is 16.0 Å². The first-order valence-corrected chi connectivity index (χ1v) is 7.41. The zero-order chi connectivity index (χ0) is 16.5. The molecule has 0 fully saturated rings. The highest BCUT2D eigenvalue weighted by Crippen LogP contribution is 2.13. The van der Waals surface area contributed by atoms with E-state index in [0.717, 1.165) is 12.8 Å². The van der Waals surface area contributed by atoms with Gasteiger partial charge in [-0.1, -0.05) is 13.8 Å². The molecule has 120 valence electrons. The van der Waals surface area contributed by atoms with E-state index in [0.29, 0.717) is 11.4 Å². The van der Waals surface area contributed by atoms with Crippen molar-refractivity contribution in [1.82, 2.24) is 5.32 Å². The summed E-state index contributed by atoms with van der Waals surface area (Å²) >= 11 is 0. The van der Waals surface area contributed by atoms with Gasteiger partial charge in [-0.2, -0.15) is 0 Å². The number of nitrogens with one attached hydrogen (secondary N) is 3. The molecule has 0 radical (unpaired) electrons. The first kappa shape index (κ1) is 17.7. The van der Waals surface area contributed by atoms with Crippen LogP contribution in [-0.2, 0) is 14.4 Å². The summed E-state index contributed by atoms with van der Waals surface area (Å²) in [5, 5.41) is 7.96. The van der Waals surface area contributed by atoms with Crippen LogP contribution in [0.5, 0.6) is 0 Å². The average Bonchev–Trinajstić information content (AvgIpc) is 2.48. The summed E-state index contributed by atoms with van der Waals surface area (Å²) in [7, 11) is 0. The third-order valence-corrected chi connectivity index (χ3v) is 3.27. The molecule has 0 aliphatic rings. The fourth-order valence-electron chi connectivity index (χ4n) is 2.02. The summed E-state index contributed by atoms with van der Waals surface area (Å²) in [6.07, 6.45) is 1.52. The van der Waals surface area contributed by atoms with E-state index < -0.39 is 0 Å². The number of hydrogen-bond donors (Lipinski definition) is 3. The molecule has 0 bridgehead atoms. The van der Waals surface area contributed by atoms with Crippen LogP contribution >= 0.6 is 0 Å². The van der Waals surface area contributed by atoms with Gasteiger partial charge in [-0.15, -0.1) is 0 Å². The zero-order valence-electron chi connectivity index (χ0n) is 13.2. The van der Waals surface area contributed by atoms with Gasteiger partial charge in [0.25, 0.3) is 0 Å². The standard InChI is InChI=1S/C16H23N3O3/c1-4-12(5-2)16(22)17-10-15(21)19-14-8-6-13(7-9-14)18-11(3)20/h6-9,12H,4-5,10H2,1-3H3,(H,17,22)(H,18,20)(H,19,21). The lowest BCUT2D eigenvalue weighted by Crippen LogP contribution is -2.36. The second kappa shape index (κ2) is 8.81. The van der Waals surface area contributed by atoms with Gasteiger partial charge >= 0.3 is 0 Å². The third kappa shape index (κ3) is 5.95. The molecule has 0 spiro atoms. The van der Waals surface area contributed by atoms with Gasteiger partial charge in [-0.3, -0.25) is 14.4 Å². The molecule has 6 nitrogen and oxygen atoms in total. The Labute approximate surface area is 130 Å². The van der Waals surface area contributed by atoms with Crippen LogP contribution in [0, 0.1) is 5.92 Å². The minimum atomic E-state index is -0.286. The van der Waals surface area contributed by atoms with Crippen LogP contribution in [0.2, 0.25) is 0 Å². The highest BCUT2D eigenvalue weighted by molar-refractivity contribution is 5.95. The molecule has 6 heteroatoms. The van der Waals surface area contributed by atoms with E-state index in [1.165, 1.54) is 6.92 Å². The van der Waals surface area contributed by atoms with Crippen molar-refractivity contribution in [2.45, 2.75) is 33.6 Å². The number of carbonyl (C=O) groups excluding carboxylic acids is 3. The quantitative estimate of drug-likeness (QED) is 0.721. The maximum Gasteiger partial charge on any atom is 0.243 e. The van der Waals surface area contributed by atoms with E-state index >= 15 is 0 Å². The first-order chi connectivity index (χ1) is 10.5. The lowest BCUT2D eigenvalue weighted by molar-refractivity contribution is -0.127. The summed E-state index contributed by atoms with van der Waals surface area (Å²) in [4.78, 5) is 34.5. The molecule has 3 amide bonds. The fourth-order valence-corrected chi connectivity index (χ4v) is 2.02. The zero-order valence-corrected chi connectivity index (χ0v) is 13.2. The molecule has 0 aliphatic heterocycles. The molecular weight excluding hydrogens is 282 g/mol. The van der Waals surface area contributed by atoms with Gasteiger partial charge in [0.2, 0.25) is 17.7 Å². The monoisotopic (exact) mass is 305 g/mol. The number of carbonyl (C=O) groups is 3. The second-order valence-corrected chi connectivity index (χ2v) is 5.04. The minimum absolute atomic E-state index is 0.0512. The van der Waals surface area contributed by atoms with Crippen molar-refractivity contribution < 1.29 is 14.4 Å². The summed E-state index contributed by atoms with van der Waals surface area (Å²) < 4.78 is 0. The van der Waals surface area contributed by atoms with Crippen LogP contribution in [-0.4, -0.2) is 24.3 Å². The Morgan fingerprint density at radius 2 is 1.45 bits per heavy atom. The van der Waals surface area contributed by atoms with E-state index in [1.807, 2.05) is 13.8 Å². The molecule has 1 aromatic carbocycles. The molecule has 0 atom stereocenters. The van der Waals surface area contributed by atoms with Crippen molar-refractivity contribution in [2.75, 3.05) is 17.2 Å². The molecule has 0 saturated carbocycles.